The molecule has 2 aliphatic rings. The van der Waals surface area contributed by atoms with Crippen LogP contribution in [0.1, 0.15) is 37.3 Å². The first-order chi connectivity index (χ1) is 11.8. The Labute approximate surface area is 147 Å². The number of anilines is 1. The van der Waals surface area contributed by atoms with Crippen LogP contribution in [0.4, 0.5) is 5.82 Å². The van der Waals surface area contributed by atoms with Crippen LogP contribution in [0.3, 0.4) is 0 Å². The van der Waals surface area contributed by atoms with Gasteiger partial charge in [0.15, 0.2) is 0 Å². The van der Waals surface area contributed by atoms with E-state index in [1.807, 2.05) is 24.4 Å². The summed E-state index contributed by atoms with van der Waals surface area (Å²) in [7, 11) is 0. The first kappa shape index (κ1) is 15.6. The van der Waals surface area contributed by atoms with Crippen LogP contribution in [0.5, 0.6) is 0 Å². The van der Waals surface area contributed by atoms with Gasteiger partial charge in [-0.15, -0.1) is 0 Å². The summed E-state index contributed by atoms with van der Waals surface area (Å²) in [5.74, 6) is 1.43. The summed E-state index contributed by atoms with van der Waals surface area (Å²) in [6, 6.07) is 8.44. The van der Waals surface area contributed by atoms with Crippen LogP contribution in [0.15, 0.2) is 41.2 Å². The molecule has 0 saturated carbocycles. The van der Waals surface area contributed by atoms with E-state index in [4.69, 9.17) is 0 Å². The smallest absolute Gasteiger partial charge is 0.227 e. The fraction of sp³-hybridized carbons (Fsp3) is 0.474. The highest BCUT2D eigenvalue weighted by molar-refractivity contribution is 7.07. The molecule has 0 aromatic carbocycles. The predicted molar refractivity (Wildman–Crippen MR) is 97.2 cm³/mol. The Morgan fingerprint density at radius 1 is 1.17 bits per heavy atom. The number of piperidine rings is 1. The molecule has 0 N–H and O–H groups in total. The van der Waals surface area contributed by atoms with Crippen LogP contribution in [0.2, 0.25) is 0 Å². The summed E-state index contributed by atoms with van der Waals surface area (Å²) in [5, 5.41) is 4.30. The van der Waals surface area contributed by atoms with Gasteiger partial charge in [0.05, 0.1) is 12.0 Å². The molecule has 2 aromatic rings. The molecule has 1 amide bonds. The van der Waals surface area contributed by atoms with Crippen molar-refractivity contribution in [1.29, 1.82) is 0 Å². The van der Waals surface area contributed by atoms with Crippen molar-refractivity contribution in [2.45, 2.75) is 31.7 Å². The Morgan fingerprint density at radius 3 is 2.88 bits per heavy atom. The van der Waals surface area contributed by atoms with Crippen molar-refractivity contribution in [2.24, 2.45) is 5.92 Å². The van der Waals surface area contributed by atoms with Crippen molar-refractivity contribution in [3.8, 4) is 0 Å². The van der Waals surface area contributed by atoms with Crippen LogP contribution in [0, 0.1) is 5.92 Å². The molecule has 2 fully saturated rings. The van der Waals surface area contributed by atoms with E-state index >= 15 is 0 Å². The zero-order valence-electron chi connectivity index (χ0n) is 13.8. The molecular formula is C19H23N3OS. The van der Waals surface area contributed by atoms with E-state index in [0.29, 0.717) is 5.91 Å². The molecule has 2 saturated heterocycles. The normalized spacial score (nSPS) is 24.3. The van der Waals surface area contributed by atoms with Crippen LogP contribution < -0.4 is 4.90 Å². The van der Waals surface area contributed by atoms with E-state index in [0.717, 1.165) is 51.1 Å². The van der Waals surface area contributed by atoms with Crippen molar-refractivity contribution in [3.05, 3.63) is 46.8 Å². The second-order valence-electron chi connectivity index (χ2n) is 6.72. The van der Waals surface area contributed by atoms with Crippen LogP contribution in [-0.4, -0.2) is 35.4 Å². The molecule has 0 spiro atoms. The molecule has 126 valence electrons. The molecule has 2 atom stereocenters. The third-order valence-corrected chi connectivity index (χ3v) is 5.91. The number of hydrogen-bond donors (Lipinski definition) is 0. The lowest BCUT2D eigenvalue weighted by Crippen LogP contribution is -2.44. The monoisotopic (exact) mass is 341 g/mol. The summed E-state index contributed by atoms with van der Waals surface area (Å²) < 4.78 is 0. The highest BCUT2D eigenvalue weighted by Gasteiger charge is 2.36. The molecular weight excluding hydrogens is 318 g/mol. The lowest BCUT2D eigenvalue weighted by Gasteiger charge is -2.36. The van der Waals surface area contributed by atoms with Crippen molar-refractivity contribution < 1.29 is 4.79 Å². The molecule has 24 heavy (non-hydrogen) atoms. The third-order valence-electron chi connectivity index (χ3n) is 5.21. The number of carbonyl (C=O) groups is 1. The van der Waals surface area contributed by atoms with Crippen molar-refractivity contribution in [3.63, 3.8) is 0 Å². The van der Waals surface area contributed by atoms with Gasteiger partial charge in [-0.25, -0.2) is 4.98 Å². The van der Waals surface area contributed by atoms with Gasteiger partial charge in [0.25, 0.3) is 0 Å². The minimum Gasteiger partial charge on any atom is -0.356 e. The number of nitrogens with zero attached hydrogens (tertiary/aromatic N) is 3. The van der Waals surface area contributed by atoms with Gasteiger partial charge in [-0.2, -0.15) is 11.3 Å². The Balaban J connectivity index is 1.47. The molecule has 0 radical (unpaired) electrons. The maximum atomic E-state index is 13.2. The van der Waals surface area contributed by atoms with E-state index in [1.165, 1.54) is 5.56 Å². The van der Waals surface area contributed by atoms with Crippen molar-refractivity contribution in [2.75, 3.05) is 24.5 Å². The number of aromatic nitrogens is 1. The van der Waals surface area contributed by atoms with Crippen LogP contribution >= 0.6 is 11.3 Å². The minimum atomic E-state index is 0.0972. The van der Waals surface area contributed by atoms with E-state index in [2.05, 4.69) is 31.6 Å². The van der Waals surface area contributed by atoms with E-state index in [1.54, 1.807) is 11.3 Å². The number of likely N-dealkylation sites (tertiary alicyclic amines) is 1. The molecule has 5 heteroatoms. The SMILES string of the molecule is O=C([C@@H]1CCCN(c2ccccn2)C1)N1CCC[C@H]1c1ccsc1. The minimum absolute atomic E-state index is 0.0972. The summed E-state index contributed by atoms with van der Waals surface area (Å²) in [6.45, 7) is 2.69. The number of carbonyl (C=O) groups excluding carboxylic acids is 1. The van der Waals surface area contributed by atoms with Gasteiger partial charge in [0, 0.05) is 25.8 Å². The highest BCUT2D eigenvalue weighted by atomic mass is 32.1. The fourth-order valence-electron chi connectivity index (χ4n) is 4.00. The number of thiophene rings is 1. The lowest BCUT2D eigenvalue weighted by atomic mass is 9.95. The molecule has 2 aliphatic heterocycles. The van der Waals surface area contributed by atoms with Gasteiger partial charge in [-0.05, 0) is 60.2 Å². The summed E-state index contributed by atoms with van der Waals surface area (Å²) in [4.78, 5) is 22.0. The Morgan fingerprint density at radius 2 is 2.08 bits per heavy atom. The fourth-order valence-corrected chi connectivity index (χ4v) is 4.71. The van der Waals surface area contributed by atoms with Crippen molar-refractivity contribution >= 4 is 23.1 Å². The number of rotatable bonds is 3. The molecule has 4 nitrogen and oxygen atoms in total. The molecule has 4 heterocycles. The molecule has 2 aromatic heterocycles. The topological polar surface area (TPSA) is 36.4 Å². The first-order valence-electron chi connectivity index (χ1n) is 8.81. The quantitative estimate of drug-likeness (QED) is 0.854. The highest BCUT2D eigenvalue weighted by Crippen LogP contribution is 2.35. The van der Waals surface area contributed by atoms with Crippen LogP contribution in [0.25, 0.3) is 0 Å². The predicted octanol–water partition coefficient (Wildman–Crippen LogP) is 3.72. The van der Waals surface area contributed by atoms with E-state index < -0.39 is 0 Å². The average Bonchev–Trinajstić information content (AvgIpc) is 3.33. The summed E-state index contributed by atoms with van der Waals surface area (Å²) in [6.07, 6.45) is 6.09. The Kier molecular flexibility index (Phi) is 4.52. The van der Waals surface area contributed by atoms with E-state index in [9.17, 15) is 4.79 Å². The lowest BCUT2D eigenvalue weighted by molar-refractivity contribution is -0.136. The number of amides is 1. The zero-order chi connectivity index (χ0) is 16.4. The second-order valence-corrected chi connectivity index (χ2v) is 7.50. The van der Waals surface area contributed by atoms with Gasteiger partial charge in [-0.1, -0.05) is 6.07 Å². The Hall–Kier alpha value is -1.88. The molecule has 4 rings (SSSR count). The van der Waals surface area contributed by atoms with Crippen LogP contribution in [-0.2, 0) is 4.79 Å². The third kappa shape index (κ3) is 3.05. The number of pyridine rings is 1. The zero-order valence-corrected chi connectivity index (χ0v) is 14.6. The van der Waals surface area contributed by atoms with Gasteiger partial charge in [0.2, 0.25) is 5.91 Å². The maximum Gasteiger partial charge on any atom is 0.227 e. The Bertz CT molecular complexity index is 673. The van der Waals surface area contributed by atoms with Gasteiger partial charge in [0.1, 0.15) is 5.82 Å². The van der Waals surface area contributed by atoms with Crippen molar-refractivity contribution in [1.82, 2.24) is 9.88 Å². The molecule has 0 unspecified atom stereocenters. The molecule has 0 bridgehead atoms. The van der Waals surface area contributed by atoms with Gasteiger partial charge < -0.3 is 9.80 Å². The van der Waals surface area contributed by atoms with Gasteiger partial charge >= 0.3 is 0 Å². The molecule has 0 aliphatic carbocycles. The summed E-state index contributed by atoms with van der Waals surface area (Å²) >= 11 is 1.72. The second kappa shape index (κ2) is 6.93. The number of hydrogen-bond acceptors (Lipinski definition) is 4. The largest absolute Gasteiger partial charge is 0.356 e. The standard InChI is InChI=1S/C19H23N3OS/c23-19(22-11-4-6-17(22)16-8-12-24-14-16)15-5-3-10-21(13-15)18-7-1-2-9-20-18/h1-2,7-9,12,14-15,17H,3-6,10-11,13H2/t15-,17+/m1/s1. The average molecular weight is 341 g/mol. The first-order valence-corrected chi connectivity index (χ1v) is 9.76. The maximum absolute atomic E-state index is 13.2. The summed E-state index contributed by atoms with van der Waals surface area (Å²) in [5.41, 5.74) is 1.31. The van der Waals surface area contributed by atoms with E-state index in [-0.39, 0.29) is 12.0 Å². The van der Waals surface area contributed by atoms with Gasteiger partial charge in [-0.3, -0.25) is 4.79 Å².